The number of fused-ring (bicyclic) bond motifs is 3. The molecule has 0 radical (unpaired) electrons. The molecule has 0 aliphatic carbocycles. The van der Waals surface area contributed by atoms with Gasteiger partial charge in [0.1, 0.15) is 4.32 Å². The van der Waals surface area contributed by atoms with Crippen LogP contribution in [0.2, 0.25) is 0 Å². The van der Waals surface area contributed by atoms with E-state index in [9.17, 15) is 0 Å². The fourth-order valence-corrected chi connectivity index (χ4v) is 2.79. The Morgan fingerprint density at radius 3 is 1.88 bits per heavy atom. The molecule has 3 rings (SSSR count). The quantitative estimate of drug-likeness (QED) is 0.554. The van der Waals surface area contributed by atoms with Gasteiger partial charge in [0.2, 0.25) is 0 Å². The summed E-state index contributed by atoms with van der Waals surface area (Å²) in [6.45, 7) is 0. The standard InChI is InChI=1S/C14H11NS2/c1-17-14(16)15-12-8-4-2-6-10(12)11-7-3-5-9-13(11)15/h2-9H,1H3. The van der Waals surface area contributed by atoms with Gasteiger partial charge in [-0.25, -0.2) is 0 Å². The van der Waals surface area contributed by atoms with E-state index in [2.05, 4.69) is 53.1 Å². The van der Waals surface area contributed by atoms with Crippen molar-refractivity contribution in [2.75, 3.05) is 6.26 Å². The number of rotatable bonds is 0. The lowest BCUT2D eigenvalue weighted by Gasteiger charge is -2.05. The van der Waals surface area contributed by atoms with E-state index in [1.165, 1.54) is 21.8 Å². The molecular weight excluding hydrogens is 246 g/mol. The van der Waals surface area contributed by atoms with E-state index in [0.29, 0.717) is 0 Å². The van der Waals surface area contributed by atoms with E-state index in [1.807, 2.05) is 6.26 Å². The molecule has 0 unspecified atom stereocenters. The zero-order valence-corrected chi connectivity index (χ0v) is 11.0. The largest absolute Gasteiger partial charge is 0.295 e. The summed E-state index contributed by atoms with van der Waals surface area (Å²) in [4.78, 5) is 0. The highest BCUT2D eigenvalue weighted by Gasteiger charge is 2.11. The minimum Gasteiger partial charge on any atom is -0.295 e. The third kappa shape index (κ3) is 1.58. The zero-order valence-electron chi connectivity index (χ0n) is 9.38. The Morgan fingerprint density at radius 1 is 0.941 bits per heavy atom. The molecule has 0 saturated heterocycles. The Labute approximate surface area is 109 Å². The maximum atomic E-state index is 5.46. The van der Waals surface area contributed by atoms with E-state index in [4.69, 9.17) is 12.2 Å². The summed E-state index contributed by atoms with van der Waals surface area (Å²) >= 11 is 7.06. The monoisotopic (exact) mass is 257 g/mol. The minimum absolute atomic E-state index is 0.891. The fraction of sp³-hybridized carbons (Fsp3) is 0.0714. The van der Waals surface area contributed by atoms with Gasteiger partial charge < -0.3 is 0 Å². The second-order valence-corrected chi connectivity index (χ2v) is 5.28. The Hall–Kier alpha value is -1.32. The van der Waals surface area contributed by atoms with Crippen molar-refractivity contribution >= 4 is 50.1 Å². The first-order valence-corrected chi connectivity index (χ1v) is 7.03. The molecule has 0 fully saturated rings. The molecule has 1 aromatic heterocycles. The van der Waals surface area contributed by atoms with Crippen molar-refractivity contribution in [2.24, 2.45) is 0 Å². The average molecular weight is 257 g/mol. The predicted molar refractivity (Wildman–Crippen MR) is 81.0 cm³/mol. The molecule has 0 amide bonds. The van der Waals surface area contributed by atoms with E-state index in [1.54, 1.807) is 11.8 Å². The molecule has 0 aliphatic heterocycles. The Kier molecular flexibility index (Phi) is 2.65. The molecule has 0 saturated carbocycles. The second-order valence-electron chi connectivity index (χ2n) is 3.84. The minimum atomic E-state index is 0.891. The van der Waals surface area contributed by atoms with Gasteiger partial charge in [0.05, 0.1) is 11.0 Å². The van der Waals surface area contributed by atoms with E-state index < -0.39 is 0 Å². The van der Waals surface area contributed by atoms with Crippen LogP contribution in [-0.4, -0.2) is 15.1 Å². The van der Waals surface area contributed by atoms with Crippen LogP contribution in [-0.2, 0) is 0 Å². The van der Waals surface area contributed by atoms with Crippen molar-refractivity contribution < 1.29 is 0 Å². The molecule has 0 spiro atoms. The van der Waals surface area contributed by atoms with Crippen LogP contribution in [0.1, 0.15) is 0 Å². The van der Waals surface area contributed by atoms with Gasteiger partial charge in [0, 0.05) is 10.8 Å². The summed E-state index contributed by atoms with van der Waals surface area (Å²) in [5, 5.41) is 2.53. The van der Waals surface area contributed by atoms with Crippen LogP contribution < -0.4 is 0 Å². The van der Waals surface area contributed by atoms with Crippen LogP contribution in [0.4, 0.5) is 0 Å². The highest BCUT2D eigenvalue weighted by molar-refractivity contribution is 8.22. The molecule has 0 bridgehead atoms. The van der Waals surface area contributed by atoms with E-state index in [0.717, 1.165) is 4.32 Å². The van der Waals surface area contributed by atoms with Crippen molar-refractivity contribution in [1.82, 2.24) is 4.57 Å². The number of hydrogen-bond acceptors (Lipinski definition) is 2. The highest BCUT2D eigenvalue weighted by atomic mass is 32.2. The van der Waals surface area contributed by atoms with Gasteiger partial charge in [0.25, 0.3) is 0 Å². The van der Waals surface area contributed by atoms with Gasteiger partial charge in [-0.3, -0.25) is 4.57 Å². The van der Waals surface area contributed by atoms with E-state index in [-0.39, 0.29) is 0 Å². The summed E-state index contributed by atoms with van der Waals surface area (Å²) in [5.74, 6) is 0. The third-order valence-corrected chi connectivity index (χ3v) is 4.15. The summed E-state index contributed by atoms with van der Waals surface area (Å²) in [7, 11) is 0. The van der Waals surface area contributed by atoms with Crippen molar-refractivity contribution in [2.45, 2.75) is 0 Å². The van der Waals surface area contributed by atoms with Crippen LogP contribution in [0.15, 0.2) is 48.5 Å². The maximum absolute atomic E-state index is 5.46. The molecule has 17 heavy (non-hydrogen) atoms. The smallest absolute Gasteiger partial charge is 0.145 e. The molecular formula is C14H11NS2. The Morgan fingerprint density at radius 2 is 1.41 bits per heavy atom. The van der Waals surface area contributed by atoms with Crippen molar-refractivity contribution in [3.63, 3.8) is 0 Å². The number of thiocarbonyl (C=S) groups is 1. The first-order valence-electron chi connectivity index (χ1n) is 5.39. The average Bonchev–Trinajstić information content (AvgIpc) is 2.72. The van der Waals surface area contributed by atoms with Crippen molar-refractivity contribution in [1.29, 1.82) is 0 Å². The van der Waals surface area contributed by atoms with Crippen LogP contribution >= 0.6 is 24.0 Å². The molecule has 1 heterocycles. The number of thioether (sulfide) groups is 1. The molecule has 84 valence electrons. The number of hydrogen-bond donors (Lipinski definition) is 0. The van der Waals surface area contributed by atoms with Crippen molar-refractivity contribution in [3.8, 4) is 0 Å². The van der Waals surface area contributed by atoms with Gasteiger partial charge in [-0.2, -0.15) is 0 Å². The topological polar surface area (TPSA) is 4.93 Å². The van der Waals surface area contributed by atoms with Gasteiger partial charge in [0.15, 0.2) is 0 Å². The highest BCUT2D eigenvalue weighted by Crippen LogP contribution is 2.29. The maximum Gasteiger partial charge on any atom is 0.145 e. The molecule has 0 aliphatic rings. The van der Waals surface area contributed by atoms with E-state index >= 15 is 0 Å². The normalized spacial score (nSPS) is 11.1. The van der Waals surface area contributed by atoms with Crippen LogP contribution in [0.3, 0.4) is 0 Å². The zero-order chi connectivity index (χ0) is 11.8. The molecule has 0 atom stereocenters. The van der Waals surface area contributed by atoms with Crippen molar-refractivity contribution in [3.05, 3.63) is 48.5 Å². The van der Waals surface area contributed by atoms with Gasteiger partial charge in [-0.05, 0) is 18.4 Å². The number of benzene rings is 2. The molecule has 2 aromatic carbocycles. The summed E-state index contributed by atoms with van der Waals surface area (Å²) < 4.78 is 3.05. The SMILES string of the molecule is CSC(=S)n1c2ccccc2c2ccccc21. The summed E-state index contributed by atoms with van der Waals surface area (Å²) in [6.07, 6.45) is 2.02. The van der Waals surface area contributed by atoms with Gasteiger partial charge >= 0.3 is 0 Å². The lowest BCUT2D eigenvalue weighted by atomic mass is 10.2. The molecule has 3 heteroatoms. The second kappa shape index (κ2) is 4.17. The third-order valence-electron chi connectivity index (χ3n) is 2.94. The number of nitrogens with zero attached hydrogens (tertiary/aromatic N) is 1. The first-order chi connectivity index (χ1) is 8.33. The summed E-state index contributed by atoms with van der Waals surface area (Å²) in [6, 6.07) is 16.8. The lowest BCUT2D eigenvalue weighted by Crippen LogP contribution is -2.02. The first kappa shape index (κ1) is 10.8. The molecule has 0 N–H and O–H groups in total. The number of para-hydroxylation sites is 2. The Bertz CT molecular complexity index is 659. The number of aromatic nitrogens is 1. The van der Waals surface area contributed by atoms with Crippen LogP contribution in [0.5, 0.6) is 0 Å². The molecule has 3 aromatic rings. The lowest BCUT2D eigenvalue weighted by molar-refractivity contribution is 1.35. The summed E-state index contributed by atoms with van der Waals surface area (Å²) in [5.41, 5.74) is 2.38. The van der Waals surface area contributed by atoms with Crippen LogP contribution in [0.25, 0.3) is 21.8 Å². The molecule has 1 nitrogen and oxygen atoms in total. The van der Waals surface area contributed by atoms with Gasteiger partial charge in [-0.15, -0.1) is 0 Å². The predicted octanol–water partition coefficient (Wildman–Crippen LogP) is 4.29. The van der Waals surface area contributed by atoms with Gasteiger partial charge in [-0.1, -0.05) is 60.4 Å². The Balaban J connectivity index is 2.54. The van der Waals surface area contributed by atoms with Crippen LogP contribution in [0, 0.1) is 0 Å². The fourth-order valence-electron chi connectivity index (χ4n) is 2.21.